The van der Waals surface area contributed by atoms with Crippen LogP contribution >= 0.6 is 11.8 Å². The predicted octanol–water partition coefficient (Wildman–Crippen LogP) is 3.28. The molecule has 1 atom stereocenters. The van der Waals surface area contributed by atoms with Crippen LogP contribution in [0.15, 0.2) is 4.99 Å². The van der Waals surface area contributed by atoms with E-state index in [0.717, 1.165) is 19.0 Å². The van der Waals surface area contributed by atoms with E-state index in [9.17, 15) is 0 Å². The predicted molar refractivity (Wildman–Crippen MR) is 73.1 cm³/mol. The van der Waals surface area contributed by atoms with Gasteiger partial charge in [-0.05, 0) is 30.6 Å². The number of hydrogen-bond donors (Lipinski definition) is 1. The molecule has 2 aliphatic rings. The molecule has 0 aromatic carbocycles. The first-order chi connectivity index (χ1) is 7.65. The molecule has 0 amide bonds. The second-order valence-corrected chi connectivity index (χ2v) is 6.83. The molecule has 3 heteroatoms. The second kappa shape index (κ2) is 4.99. The summed E-state index contributed by atoms with van der Waals surface area (Å²) in [6.45, 7) is 9.04. The Hall–Kier alpha value is -0.180. The van der Waals surface area contributed by atoms with E-state index in [0.29, 0.717) is 10.7 Å². The molecule has 92 valence electrons. The first-order valence-corrected chi connectivity index (χ1v) is 7.48. The van der Waals surface area contributed by atoms with Gasteiger partial charge >= 0.3 is 0 Å². The summed E-state index contributed by atoms with van der Waals surface area (Å²) in [7, 11) is 0. The Morgan fingerprint density at radius 1 is 1.50 bits per heavy atom. The Bertz CT molecular complexity index is 264. The lowest BCUT2D eigenvalue weighted by atomic mass is 9.67. The van der Waals surface area contributed by atoms with Crippen LogP contribution in [0.4, 0.5) is 0 Å². The Labute approximate surface area is 104 Å². The van der Waals surface area contributed by atoms with E-state index in [4.69, 9.17) is 0 Å². The van der Waals surface area contributed by atoms with Crippen LogP contribution in [-0.4, -0.2) is 23.5 Å². The van der Waals surface area contributed by atoms with Crippen LogP contribution in [0.1, 0.15) is 46.5 Å². The summed E-state index contributed by atoms with van der Waals surface area (Å²) in [5.74, 6) is 0.733. The number of amidine groups is 1. The number of aliphatic imine (C=N–C) groups is 1. The molecule has 0 bridgehead atoms. The van der Waals surface area contributed by atoms with Crippen molar-refractivity contribution in [3.05, 3.63) is 0 Å². The summed E-state index contributed by atoms with van der Waals surface area (Å²) < 4.78 is 0. The molecule has 0 spiro atoms. The summed E-state index contributed by atoms with van der Waals surface area (Å²) >= 11 is 1.94. The monoisotopic (exact) mass is 240 g/mol. The lowest BCUT2D eigenvalue weighted by Gasteiger charge is -2.41. The molecular weight excluding hydrogens is 216 g/mol. The SMILES string of the molecule is CCC1(CNC2=NCC(C(C)C)S2)CCC1. The van der Waals surface area contributed by atoms with Gasteiger partial charge in [0.15, 0.2) is 5.17 Å². The third-order valence-electron chi connectivity index (χ3n) is 4.20. The Kier molecular flexibility index (Phi) is 3.83. The van der Waals surface area contributed by atoms with Gasteiger partial charge in [0.05, 0.1) is 6.54 Å². The largest absolute Gasteiger partial charge is 0.364 e. The molecule has 0 aromatic rings. The third-order valence-corrected chi connectivity index (χ3v) is 5.69. The van der Waals surface area contributed by atoms with Gasteiger partial charge in [-0.1, -0.05) is 39.0 Å². The summed E-state index contributed by atoms with van der Waals surface area (Å²) in [6, 6.07) is 0. The lowest BCUT2D eigenvalue weighted by Crippen LogP contribution is -2.40. The molecule has 2 nitrogen and oxygen atoms in total. The Morgan fingerprint density at radius 3 is 2.69 bits per heavy atom. The minimum Gasteiger partial charge on any atom is -0.364 e. The van der Waals surface area contributed by atoms with Gasteiger partial charge in [-0.3, -0.25) is 4.99 Å². The Morgan fingerprint density at radius 2 is 2.25 bits per heavy atom. The van der Waals surface area contributed by atoms with Gasteiger partial charge < -0.3 is 5.32 Å². The van der Waals surface area contributed by atoms with Crippen LogP contribution in [0.5, 0.6) is 0 Å². The van der Waals surface area contributed by atoms with Crippen molar-refractivity contribution in [1.29, 1.82) is 0 Å². The van der Waals surface area contributed by atoms with E-state index >= 15 is 0 Å². The number of nitrogens with one attached hydrogen (secondary N) is 1. The van der Waals surface area contributed by atoms with Gasteiger partial charge in [0.25, 0.3) is 0 Å². The van der Waals surface area contributed by atoms with E-state index < -0.39 is 0 Å². The number of rotatable bonds is 4. The van der Waals surface area contributed by atoms with Gasteiger partial charge in [0, 0.05) is 11.8 Å². The maximum Gasteiger partial charge on any atom is 0.156 e. The molecule has 16 heavy (non-hydrogen) atoms. The number of hydrogen-bond acceptors (Lipinski definition) is 3. The highest BCUT2D eigenvalue weighted by Gasteiger charge is 2.35. The third kappa shape index (κ3) is 2.55. The van der Waals surface area contributed by atoms with Crippen LogP contribution in [-0.2, 0) is 0 Å². The van der Waals surface area contributed by atoms with Crippen LogP contribution in [0.3, 0.4) is 0 Å². The molecule has 0 aromatic heterocycles. The maximum absolute atomic E-state index is 4.60. The van der Waals surface area contributed by atoms with E-state index in [1.54, 1.807) is 0 Å². The van der Waals surface area contributed by atoms with Crippen molar-refractivity contribution in [2.24, 2.45) is 16.3 Å². The van der Waals surface area contributed by atoms with Crippen LogP contribution in [0, 0.1) is 11.3 Å². The maximum atomic E-state index is 4.60. The molecule has 1 aliphatic carbocycles. The highest BCUT2D eigenvalue weighted by molar-refractivity contribution is 8.14. The molecule has 0 radical (unpaired) electrons. The molecule has 0 saturated heterocycles. The first-order valence-electron chi connectivity index (χ1n) is 6.60. The van der Waals surface area contributed by atoms with Gasteiger partial charge in [-0.25, -0.2) is 0 Å². The zero-order chi connectivity index (χ0) is 11.6. The lowest BCUT2D eigenvalue weighted by molar-refractivity contribution is 0.132. The normalized spacial score (nSPS) is 27.8. The van der Waals surface area contributed by atoms with Crippen LogP contribution < -0.4 is 5.32 Å². The number of thioether (sulfide) groups is 1. The smallest absolute Gasteiger partial charge is 0.156 e. The van der Waals surface area contributed by atoms with Crippen LogP contribution in [0.25, 0.3) is 0 Å². The highest BCUT2D eigenvalue weighted by atomic mass is 32.2. The molecule has 1 fully saturated rings. The van der Waals surface area contributed by atoms with Crippen LogP contribution in [0.2, 0.25) is 0 Å². The summed E-state index contributed by atoms with van der Waals surface area (Å²) in [5, 5.41) is 5.46. The van der Waals surface area contributed by atoms with Gasteiger partial charge in [-0.2, -0.15) is 0 Å². The van der Waals surface area contributed by atoms with Crippen molar-refractivity contribution >= 4 is 16.9 Å². The van der Waals surface area contributed by atoms with E-state index in [2.05, 4.69) is 31.1 Å². The van der Waals surface area contributed by atoms with Crippen molar-refractivity contribution in [3.63, 3.8) is 0 Å². The fourth-order valence-corrected chi connectivity index (χ4v) is 3.44. The van der Waals surface area contributed by atoms with Crippen molar-refractivity contribution < 1.29 is 0 Å². The minimum absolute atomic E-state index is 0.596. The average molecular weight is 240 g/mol. The van der Waals surface area contributed by atoms with E-state index in [-0.39, 0.29) is 0 Å². The number of nitrogens with zero attached hydrogens (tertiary/aromatic N) is 1. The fourth-order valence-electron chi connectivity index (χ4n) is 2.43. The fraction of sp³-hybridized carbons (Fsp3) is 0.923. The molecule has 2 rings (SSSR count). The van der Waals surface area contributed by atoms with E-state index in [1.165, 1.54) is 30.9 Å². The first kappa shape index (κ1) is 12.3. The van der Waals surface area contributed by atoms with Crippen molar-refractivity contribution in [1.82, 2.24) is 5.32 Å². The second-order valence-electron chi connectivity index (χ2n) is 5.61. The summed E-state index contributed by atoms with van der Waals surface area (Å²) in [4.78, 5) is 4.60. The minimum atomic E-state index is 0.596. The molecule has 1 N–H and O–H groups in total. The summed E-state index contributed by atoms with van der Waals surface area (Å²) in [6.07, 6.45) is 5.54. The Balaban J connectivity index is 1.75. The van der Waals surface area contributed by atoms with Gasteiger partial charge in [-0.15, -0.1) is 0 Å². The molecule has 1 heterocycles. The van der Waals surface area contributed by atoms with Crippen molar-refractivity contribution in [2.75, 3.05) is 13.1 Å². The van der Waals surface area contributed by atoms with Gasteiger partial charge in [0.2, 0.25) is 0 Å². The standard InChI is InChI=1S/C13H24N2S/c1-4-13(6-5-7-13)9-15-12-14-8-11(16-12)10(2)3/h10-11H,4-9H2,1-3H3,(H,14,15). The topological polar surface area (TPSA) is 24.4 Å². The highest BCUT2D eigenvalue weighted by Crippen LogP contribution is 2.43. The quantitative estimate of drug-likeness (QED) is 0.815. The van der Waals surface area contributed by atoms with Crippen molar-refractivity contribution in [2.45, 2.75) is 51.7 Å². The molecule has 1 saturated carbocycles. The zero-order valence-corrected chi connectivity index (χ0v) is 11.6. The zero-order valence-electron chi connectivity index (χ0n) is 10.8. The summed E-state index contributed by atoms with van der Waals surface area (Å²) in [5.41, 5.74) is 0.596. The average Bonchev–Trinajstić information content (AvgIpc) is 2.65. The molecule has 1 unspecified atom stereocenters. The molecular formula is C13H24N2S. The van der Waals surface area contributed by atoms with Gasteiger partial charge in [0.1, 0.15) is 0 Å². The van der Waals surface area contributed by atoms with E-state index in [1.807, 2.05) is 11.8 Å². The van der Waals surface area contributed by atoms with Crippen molar-refractivity contribution in [3.8, 4) is 0 Å². The molecule has 1 aliphatic heterocycles.